The number of hydrogen-bond acceptors (Lipinski definition) is 2. The van der Waals surface area contributed by atoms with Gasteiger partial charge in [0.15, 0.2) is 0 Å². The zero-order valence-electron chi connectivity index (χ0n) is 23.9. The Balaban J connectivity index is 1.32. The van der Waals surface area contributed by atoms with E-state index in [1.54, 1.807) is 0 Å². The fourth-order valence-electron chi connectivity index (χ4n) is 6.11. The SMILES string of the molecule is CC(C)(C)c1cccc(-c2cc(-c3cnc(C4CCCC4)[nH]3)ccc2C#CC#Cc2cnc(C3CCCC3)[nH]2)c1. The third-order valence-electron chi connectivity index (χ3n) is 8.50. The zero-order chi connectivity index (χ0) is 27.5. The molecule has 0 atom stereocenters. The van der Waals surface area contributed by atoms with Crippen LogP contribution in [-0.2, 0) is 5.41 Å². The van der Waals surface area contributed by atoms with E-state index in [-0.39, 0.29) is 5.41 Å². The van der Waals surface area contributed by atoms with Gasteiger partial charge in [-0.3, -0.25) is 0 Å². The van der Waals surface area contributed by atoms with Crippen LogP contribution in [0.2, 0.25) is 0 Å². The van der Waals surface area contributed by atoms with Crippen molar-refractivity contribution >= 4 is 0 Å². The van der Waals surface area contributed by atoms with E-state index >= 15 is 0 Å². The molecule has 6 rings (SSSR count). The van der Waals surface area contributed by atoms with E-state index in [0.717, 1.165) is 45.3 Å². The number of aromatic amines is 2. The first-order valence-electron chi connectivity index (χ1n) is 14.8. The molecule has 2 aliphatic rings. The van der Waals surface area contributed by atoms with E-state index in [1.165, 1.54) is 56.9 Å². The lowest BCUT2D eigenvalue weighted by molar-refractivity contribution is 0.590. The van der Waals surface area contributed by atoms with Crippen molar-refractivity contribution in [3.63, 3.8) is 0 Å². The summed E-state index contributed by atoms with van der Waals surface area (Å²) in [5, 5.41) is 0. The van der Waals surface area contributed by atoms with E-state index in [9.17, 15) is 0 Å². The first-order chi connectivity index (χ1) is 19.4. The van der Waals surface area contributed by atoms with Crippen LogP contribution >= 0.6 is 0 Å². The highest BCUT2D eigenvalue weighted by Crippen LogP contribution is 2.35. The Morgan fingerprint density at radius 3 is 2.12 bits per heavy atom. The summed E-state index contributed by atoms with van der Waals surface area (Å²) < 4.78 is 0. The maximum absolute atomic E-state index is 4.75. The number of H-pyrrole nitrogens is 2. The second-order valence-electron chi connectivity index (χ2n) is 12.4. The third kappa shape index (κ3) is 5.78. The van der Waals surface area contributed by atoms with Crippen molar-refractivity contribution in [1.82, 2.24) is 19.9 Å². The van der Waals surface area contributed by atoms with Crippen LogP contribution < -0.4 is 0 Å². The van der Waals surface area contributed by atoms with Crippen LogP contribution in [0.5, 0.6) is 0 Å². The molecule has 2 aromatic heterocycles. The summed E-state index contributed by atoms with van der Waals surface area (Å²) in [4.78, 5) is 16.3. The summed E-state index contributed by atoms with van der Waals surface area (Å²) >= 11 is 0. The Kier molecular flexibility index (Phi) is 7.36. The molecule has 40 heavy (non-hydrogen) atoms. The molecule has 0 bridgehead atoms. The minimum atomic E-state index is 0.0614. The molecule has 2 heterocycles. The second kappa shape index (κ2) is 11.2. The summed E-state index contributed by atoms with van der Waals surface area (Å²) in [6.45, 7) is 6.75. The monoisotopic (exact) mass is 526 g/mol. The average molecular weight is 527 g/mol. The fraction of sp³-hybridized carbons (Fsp3) is 0.389. The van der Waals surface area contributed by atoms with Crippen molar-refractivity contribution in [2.45, 2.75) is 89.4 Å². The molecule has 0 aliphatic heterocycles. The average Bonchev–Trinajstić information content (AvgIpc) is 3.77. The van der Waals surface area contributed by atoms with Crippen LogP contribution in [0.3, 0.4) is 0 Å². The summed E-state index contributed by atoms with van der Waals surface area (Å²) in [6.07, 6.45) is 13.9. The Hall–Kier alpha value is -4.02. The standard InChI is InChI=1S/C36H38N4/c1-36(2,3)30-17-10-16-28(21-30)32-22-29(33-24-38-35(40-33)27-14-6-7-15-27)20-19-25(32)11-8-9-18-31-23-37-34(39-31)26-12-4-5-13-26/h10,16-17,19-24,26-27H,4-7,12-15H2,1-3H3,(H,37,39)(H,38,40). The molecule has 0 amide bonds. The normalized spacial score (nSPS) is 16.0. The van der Waals surface area contributed by atoms with Gasteiger partial charge in [-0.2, -0.15) is 0 Å². The van der Waals surface area contributed by atoms with Gasteiger partial charge in [-0.25, -0.2) is 9.97 Å². The highest BCUT2D eigenvalue weighted by atomic mass is 14.9. The first kappa shape index (κ1) is 26.2. The predicted octanol–water partition coefficient (Wildman–Crippen LogP) is 8.48. The molecule has 0 unspecified atom stereocenters. The molecule has 2 aromatic carbocycles. The zero-order valence-corrected chi connectivity index (χ0v) is 23.9. The van der Waals surface area contributed by atoms with Crippen molar-refractivity contribution in [3.8, 4) is 46.1 Å². The minimum absolute atomic E-state index is 0.0614. The maximum Gasteiger partial charge on any atom is 0.110 e. The smallest absolute Gasteiger partial charge is 0.110 e. The van der Waals surface area contributed by atoms with Crippen molar-refractivity contribution in [2.24, 2.45) is 0 Å². The van der Waals surface area contributed by atoms with Crippen LogP contribution in [0.25, 0.3) is 22.4 Å². The van der Waals surface area contributed by atoms with Crippen LogP contribution in [0.1, 0.15) is 112 Å². The summed E-state index contributed by atoms with van der Waals surface area (Å²) in [5.41, 5.74) is 7.63. The fourth-order valence-corrected chi connectivity index (χ4v) is 6.11. The van der Waals surface area contributed by atoms with Gasteiger partial charge in [0, 0.05) is 23.0 Å². The van der Waals surface area contributed by atoms with E-state index in [4.69, 9.17) is 4.98 Å². The molecule has 4 nitrogen and oxygen atoms in total. The van der Waals surface area contributed by atoms with Gasteiger partial charge in [0.25, 0.3) is 0 Å². The molecule has 4 heteroatoms. The van der Waals surface area contributed by atoms with Crippen molar-refractivity contribution in [3.05, 3.63) is 83.3 Å². The lowest BCUT2D eigenvalue weighted by Gasteiger charge is -2.20. The van der Waals surface area contributed by atoms with Crippen LogP contribution in [0.4, 0.5) is 0 Å². The quantitative estimate of drug-likeness (QED) is 0.262. The lowest BCUT2D eigenvalue weighted by Crippen LogP contribution is -2.10. The van der Waals surface area contributed by atoms with Crippen molar-refractivity contribution < 1.29 is 0 Å². The van der Waals surface area contributed by atoms with Gasteiger partial charge in [0.2, 0.25) is 0 Å². The Labute approximate surface area is 238 Å². The molecule has 0 spiro atoms. The van der Waals surface area contributed by atoms with Gasteiger partial charge in [0.05, 0.1) is 18.1 Å². The lowest BCUT2D eigenvalue weighted by atomic mass is 9.85. The summed E-state index contributed by atoms with van der Waals surface area (Å²) in [6, 6.07) is 15.3. The molecule has 0 saturated heterocycles. The number of rotatable bonds is 4. The van der Waals surface area contributed by atoms with Gasteiger partial charge >= 0.3 is 0 Å². The van der Waals surface area contributed by atoms with Crippen molar-refractivity contribution in [1.29, 1.82) is 0 Å². The highest BCUT2D eigenvalue weighted by molar-refractivity contribution is 5.77. The molecule has 2 aliphatic carbocycles. The molecular weight excluding hydrogens is 488 g/mol. The van der Waals surface area contributed by atoms with E-state index < -0.39 is 0 Å². The number of imidazole rings is 2. The number of aromatic nitrogens is 4. The molecule has 202 valence electrons. The van der Waals surface area contributed by atoms with Crippen LogP contribution in [0, 0.1) is 23.7 Å². The first-order valence-corrected chi connectivity index (χ1v) is 14.8. The summed E-state index contributed by atoms with van der Waals surface area (Å²) in [5.74, 6) is 16.0. The molecular formula is C36H38N4. The number of nitrogens with zero attached hydrogens (tertiary/aromatic N) is 2. The Morgan fingerprint density at radius 1 is 0.725 bits per heavy atom. The van der Waals surface area contributed by atoms with E-state index in [1.807, 2.05) is 12.4 Å². The summed E-state index contributed by atoms with van der Waals surface area (Å²) in [7, 11) is 0. The Morgan fingerprint density at radius 2 is 1.40 bits per heavy atom. The second-order valence-corrected chi connectivity index (χ2v) is 12.4. The molecule has 2 saturated carbocycles. The number of benzene rings is 2. The highest BCUT2D eigenvalue weighted by Gasteiger charge is 2.21. The topological polar surface area (TPSA) is 57.4 Å². The number of hydrogen-bond donors (Lipinski definition) is 2. The van der Waals surface area contributed by atoms with Gasteiger partial charge < -0.3 is 9.97 Å². The maximum atomic E-state index is 4.75. The molecule has 2 N–H and O–H groups in total. The predicted molar refractivity (Wildman–Crippen MR) is 163 cm³/mol. The largest absolute Gasteiger partial charge is 0.342 e. The number of nitrogens with one attached hydrogen (secondary N) is 2. The van der Waals surface area contributed by atoms with Crippen LogP contribution in [0.15, 0.2) is 54.9 Å². The van der Waals surface area contributed by atoms with E-state index in [0.29, 0.717) is 11.8 Å². The van der Waals surface area contributed by atoms with Gasteiger partial charge in [-0.1, -0.05) is 82.7 Å². The van der Waals surface area contributed by atoms with Gasteiger partial charge in [-0.05, 0) is 77.7 Å². The Bertz CT molecular complexity index is 1610. The minimum Gasteiger partial charge on any atom is -0.342 e. The molecule has 2 fully saturated rings. The molecule has 4 aromatic rings. The van der Waals surface area contributed by atoms with Crippen LogP contribution in [-0.4, -0.2) is 19.9 Å². The van der Waals surface area contributed by atoms with Crippen molar-refractivity contribution in [2.75, 3.05) is 0 Å². The third-order valence-corrected chi connectivity index (χ3v) is 8.50. The molecule has 0 radical (unpaired) electrons. The van der Waals surface area contributed by atoms with Gasteiger partial charge in [0.1, 0.15) is 17.3 Å². The van der Waals surface area contributed by atoms with E-state index in [2.05, 4.69) is 102 Å². The van der Waals surface area contributed by atoms with Gasteiger partial charge in [-0.15, -0.1) is 0 Å².